The van der Waals surface area contributed by atoms with Crippen LogP contribution in [0.3, 0.4) is 0 Å². The predicted octanol–water partition coefficient (Wildman–Crippen LogP) is 3.13. The van der Waals surface area contributed by atoms with Crippen molar-refractivity contribution in [1.29, 1.82) is 0 Å². The summed E-state index contributed by atoms with van der Waals surface area (Å²) in [6.45, 7) is 5.64. The van der Waals surface area contributed by atoms with E-state index in [2.05, 4.69) is 5.32 Å². The highest BCUT2D eigenvalue weighted by Gasteiger charge is 2.18. The van der Waals surface area contributed by atoms with Crippen LogP contribution in [0.4, 0.5) is 0 Å². The van der Waals surface area contributed by atoms with Crippen LogP contribution in [0.25, 0.3) is 0 Å². The highest BCUT2D eigenvalue weighted by Crippen LogP contribution is 2.18. The molecule has 0 aliphatic carbocycles. The number of amides is 1. The fourth-order valence-corrected chi connectivity index (χ4v) is 2.46. The van der Waals surface area contributed by atoms with Crippen LogP contribution in [-0.4, -0.2) is 17.1 Å². The van der Waals surface area contributed by atoms with Crippen LogP contribution in [0.15, 0.2) is 48.5 Å². The molecule has 2 rings (SSSR count). The van der Waals surface area contributed by atoms with Gasteiger partial charge in [0.05, 0.1) is 12.6 Å². The number of aryl methyl sites for hydroxylation is 1. The molecule has 0 aliphatic rings. The van der Waals surface area contributed by atoms with Gasteiger partial charge in [0.15, 0.2) is 6.10 Å². The molecule has 2 aromatic carbocycles. The van der Waals surface area contributed by atoms with Gasteiger partial charge in [-0.1, -0.05) is 36.4 Å². The maximum absolute atomic E-state index is 12.3. The molecule has 2 unspecified atom stereocenters. The zero-order valence-electron chi connectivity index (χ0n) is 13.7. The number of rotatable bonds is 6. The Morgan fingerprint density at radius 2 is 1.91 bits per heavy atom. The van der Waals surface area contributed by atoms with E-state index in [0.717, 1.165) is 16.7 Å². The molecule has 2 N–H and O–H groups in total. The highest BCUT2D eigenvalue weighted by molar-refractivity contribution is 5.81. The first-order valence-electron chi connectivity index (χ1n) is 7.73. The zero-order valence-corrected chi connectivity index (χ0v) is 13.7. The number of nitrogens with one attached hydrogen (secondary N) is 1. The monoisotopic (exact) mass is 313 g/mol. The molecule has 0 spiro atoms. The van der Waals surface area contributed by atoms with Gasteiger partial charge in [-0.2, -0.15) is 0 Å². The lowest BCUT2D eigenvalue weighted by molar-refractivity contribution is -0.127. The Kier molecular flexibility index (Phi) is 5.77. The van der Waals surface area contributed by atoms with Gasteiger partial charge in [-0.3, -0.25) is 4.79 Å². The summed E-state index contributed by atoms with van der Waals surface area (Å²) in [4.78, 5) is 12.3. The number of hydrogen-bond donors (Lipinski definition) is 2. The molecular formula is C19H23NO3. The third kappa shape index (κ3) is 4.57. The molecule has 23 heavy (non-hydrogen) atoms. The molecule has 2 aromatic rings. The first-order valence-corrected chi connectivity index (χ1v) is 7.73. The minimum Gasteiger partial charge on any atom is -0.481 e. The summed E-state index contributed by atoms with van der Waals surface area (Å²) in [6.07, 6.45) is -0.615. The second-order valence-corrected chi connectivity index (χ2v) is 5.65. The highest BCUT2D eigenvalue weighted by atomic mass is 16.5. The molecule has 4 heteroatoms. The first-order chi connectivity index (χ1) is 11.0. The number of aliphatic hydroxyl groups excluding tert-OH is 1. The van der Waals surface area contributed by atoms with Gasteiger partial charge >= 0.3 is 0 Å². The minimum absolute atomic E-state index is 0.0535. The summed E-state index contributed by atoms with van der Waals surface area (Å²) in [5.41, 5.74) is 2.99. The van der Waals surface area contributed by atoms with E-state index in [1.165, 1.54) is 0 Å². The second kappa shape index (κ2) is 7.79. The number of carbonyl (C=O) groups excluding carboxylic acids is 1. The molecule has 0 aliphatic heterocycles. The predicted molar refractivity (Wildman–Crippen MR) is 90.2 cm³/mol. The zero-order chi connectivity index (χ0) is 16.8. The van der Waals surface area contributed by atoms with Crippen molar-refractivity contribution in [3.8, 4) is 5.75 Å². The summed E-state index contributed by atoms with van der Waals surface area (Å²) in [5, 5.41) is 12.1. The van der Waals surface area contributed by atoms with Gasteiger partial charge in [-0.25, -0.2) is 0 Å². The molecule has 0 saturated carbocycles. The lowest BCUT2D eigenvalue weighted by Crippen LogP contribution is -2.38. The van der Waals surface area contributed by atoms with Gasteiger partial charge in [0.1, 0.15) is 5.75 Å². The second-order valence-electron chi connectivity index (χ2n) is 5.65. The Morgan fingerprint density at radius 1 is 1.17 bits per heavy atom. The molecule has 0 aromatic heterocycles. The van der Waals surface area contributed by atoms with Crippen molar-refractivity contribution in [3.63, 3.8) is 0 Å². The molecule has 0 heterocycles. The van der Waals surface area contributed by atoms with E-state index in [-0.39, 0.29) is 18.6 Å². The minimum atomic E-state index is -0.615. The SMILES string of the molecule is Cc1ccccc1C(C)NC(=O)C(C)Oc1cccc(CO)c1. The Bertz CT molecular complexity index is 669. The topological polar surface area (TPSA) is 58.6 Å². The van der Waals surface area contributed by atoms with Gasteiger partial charge in [0.2, 0.25) is 0 Å². The number of hydrogen-bond acceptors (Lipinski definition) is 3. The van der Waals surface area contributed by atoms with E-state index in [1.54, 1.807) is 31.2 Å². The van der Waals surface area contributed by atoms with Gasteiger partial charge in [0.25, 0.3) is 5.91 Å². The van der Waals surface area contributed by atoms with E-state index >= 15 is 0 Å². The standard InChI is InChI=1S/C19H23NO3/c1-13-7-4-5-10-18(13)14(2)20-19(22)15(3)23-17-9-6-8-16(11-17)12-21/h4-11,14-15,21H,12H2,1-3H3,(H,20,22). The maximum Gasteiger partial charge on any atom is 0.261 e. The molecule has 0 radical (unpaired) electrons. The molecule has 0 fully saturated rings. The Hall–Kier alpha value is -2.33. The number of ether oxygens (including phenoxy) is 1. The van der Waals surface area contributed by atoms with Crippen LogP contribution in [0.5, 0.6) is 5.75 Å². The lowest BCUT2D eigenvalue weighted by Gasteiger charge is -2.20. The van der Waals surface area contributed by atoms with E-state index in [9.17, 15) is 4.79 Å². The van der Waals surface area contributed by atoms with Gasteiger partial charge in [-0.05, 0) is 49.6 Å². The third-order valence-corrected chi connectivity index (χ3v) is 3.78. The third-order valence-electron chi connectivity index (χ3n) is 3.78. The molecule has 2 atom stereocenters. The number of benzene rings is 2. The smallest absolute Gasteiger partial charge is 0.261 e. The molecule has 0 saturated heterocycles. The summed E-state index contributed by atoms with van der Waals surface area (Å²) in [7, 11) is 0. The van der Waals surface area contributed by atoms with Crippen molar-refractivity contribution in [3.05, 3.63) is 65.2 Å². The van der Waals surface area contributed by atoms with Crippen LogP contribution in [-0.2, 0) is 11.4 Å². The molecule has 4 nitrogen and oxygen atoms in total. The van der Waals surface area contributed by atoms with Crippen molar-refractivity contribution in [2.24, 2.45) is 0 Å². The van der Waals surface area contributed by atoms with E-state index in [4.69, 9.17) is 9.84 Å². The fraction of sp³-hybridized carbons (Fsp3) is 0.316. The Morgan fingerprint density at radius 3 is 2.61 bits per heavy atom. The van der Waals surface area contributed by atoms with Crippen molar-refractivity contribution in [2.75, 3.05) is 0 Å². The Balaban J connectivity index is 1.98. The van der Waals surface area contributed by atoms with Crippen LogP contribution in [0.1, 0.15) is 36.6 Å². The van der Waals surface area contributed by atoms with Crippen LogP contribution >= 0.6 is 0 Å². The van der Waals surface area contributed by atoms with Gasteiger partial charge in [-0.15, -0.1) is 0 Å². The van der Waals surface area contributed by atoms with Gasteiger partial charge in [0, 0.05) is 0 Å². The maximum atomic E-state index is 12.3. The molecule has 1 amide bonds. The van der Waals surface area contributed by atoms with Gasteiger partial charge < -0.3 is 15.2 Å². The van der Waals surface area contributed by atoms with Crippen LogP contribution in [0, 0.1) is 6.92 Å². The van der Waals surface area contributed by atoms with E-state index in [0.29, 0.717) is 5.75 Å². The largest absolute Gasteiger partial charge is 0.481 e. The average Bonchev–Trinajstić information content (AvgIpc) is 2.55. The van der Waals surface area contributed by atoms with Crippen molar-refractivity contribution in [2.45, 2.75) is 39.5 Å². The fourth-order valence-electron chi connectivity index (χ4n) is 2.46. The quantitative estimate of drug-likeness (QED) is 0.861. The Labute approximate surface area is 137 Å². The van der Waals surface area contributed by atoms with Crippen LogP contribution < -0.4 is 10.1 Å². The normalized spacial score (nSPS) is 13.2. The van der Waals surface area contributed by atoms with Crippen LogP contribution in [0.2, 0.25) is 0 Å². The summed E-state index contributed by atoms with van der Waals surface area (Å²) >= 11 is 0. The van der Waals surface area contributed by atoms with Crippen molar-refractivity contribution >= 4 is 5.91 Å². The van der Waals surface area contributed by atoms with E-state index in [1.807, 2.05) is 38.1 Å². The number of carbonyl (C=O) groups is 1. The summed E-state index contributed by atoms with van der Waals surface area (Å²) in [6, 6.07) is 15.0. The molecular weight excluding hydrogens is 290 g/mol. The average molecular weight is 313 g/mol. The lowest BCUT2D eigenvalue weighted by atomic mass is 10.0. The van der Waals surface area contributed by atoms with E-state index < -0.39 is 6.10 Å². The molecule has 0 bridgehead atoms. The molecule has 122 valence electrons. The summed E-state index contributed by atoms with van der Waals surface area (Å²) in [5.74, 6) is 0.401. The van der Waals surface area contributed by atoms with Crippen molar-refractivity contribution < 1.29 is 14.6 Å². The number of aliphatic hydroxyl groups is 1. The van der Waals surface area contributed by atoms with Crippen molar-refractivity contribution in [1.82, 2.24) is 5.32 Å². The first kappa shape index (κ1) is 17.0. The summed E-state index contributed by atoms with van der Waals surface area (Å²) < 4.78 is 5.66.